The number of fused-ring (bicyclic) bond motifs is 4. The van der Waals surface area contributed by atoms with E-state index in [4.69, 9.17) is 11.6 Å². The van der Waals surface area contributed by atoms with Crippen molar-refractivity contribution in [1.29, 1.82) is 0 Å². The molecule has 2 atom stereocenters. The molecule has 0 saturated carbocycles. The van der Waals surface area contributed by atoms with Gasteiger partial charge < -0.3 is 15.6 Å². The van der Waals surface area contributed by atoms with E-state index in [1.165, 1.54) is 17.1 Å². The maximum atomic E-state index is 13.0. The first-order valence-electron chi connectivity index (χ1n) is 12.4. The number of amides is 2. The zero-order valence-electron chi connectivity index (χ0n) is 20.8. The average molecular weight is 531 g/mol. The van der Waals surface area contributed by atoms with Crippen LogP contribution in [0, 0.1) is 5.92 Å². The van der Waals surface area contributed by atoms with Gasteiger partial charge in [0.2, 0.25) is 11.8 Å². The van der Waals surface area contributed by atoms with Crippen LogP contribution in [-0.4, -0.2) is 42.0 Å². The predicted octanol–water partition coefficient (Wildman–Crippen LogP) is 4.73. The van der Waals surface area contributed by atoms with Crippen LogP contribution in [0.4, 0.5) is 5.69 Å². The number of para-hydroxylation sites is 1. The molecule has 3 N–H and O–H groups in total. The molecule has 0 aliphatic carbocycles. The van der Waals surface area contributed by atoms with Crippen LogP contribution in [0.2, 0.25) is 5.02 Å². The Hall–Kier alpha value is -4.31. The van der Waals surface area contributed by atoms with Gasteiger partial charge in [0, 0.05) is 28.6 Å². The molecule has 0 fully saturated rings. The molecule has 2 aromatic carbocycles. The molecular formula is C27H27ClN8O2. The van der Waals surface area contributed by atoms with Crippen molar-refractivity contribution >= 4 is 35.2 Å². The molecule has 5 rings (SSSR count). The Labute approximate surface area is 224 Å². The molecule has 10 nitrogen and oxygen atoms in total. The summed E-state index contributed by atoms with van der Waals surface area (Å²) in [6.45, 7) is 2.07. The van der Waals surface area contributed by atoms with E-state index in [0.29, 0.717) is 34.9 Å². The number of imidazole rings is 1. The molecular weight excluding hydrogens is 504 g/mol. The third-order valence-corrected chi connectivity index (χ3v) is 6.69. The van der Waals surface area contributed by atoms with E-state index < -0.39 is 0 Å². The average Bonchev–Trinajstić information content (AvgIpc) is 3.60. The lowest BCUT2D eigenvalue weighted by Crippen LogP contribution is -2.28. The standard InChI is InChI=1S/C27H27ClN8O2/c1-17-5-4-8-22(27-29-15-23(33-27)20-6-2-3-7-21(20)31-26(38)13-17)32-25(37)12-9-18-14-19(28)10-11-24(18)36-16-30-34-35-36/h2-3,6-7,9-12,14-17,22H,4-5,8,13H2,1H3,(H,29,33)(H,31,38)(H,32,37)/b12-9+/t17-,22-/m0/s1. The summed E-state index contributed by atoms with van der Waals surface area (Å²) in [6, 6.07) is 12.5. The van der Waals surface area contributed by atoms with Crippen LogP contribution in [-0.2, 0) is 9.59 Å². The number of tetrazole rings is 1. The minimum Gasteiger partial charge on any atom is -0.343 e. The van der Waals surface area contributed by atoms with E-state index in [1.807, 2.05) is 24.3 Å². The van der Waals surface area contributed by atoms with Gasteiger partial charge in [-0.2, -0.15) is 4.68 Å². The second kappa shape index (κ2) is 11.4. The van der Waals surface area contributed by atoms with Crippen LogP contribution in [0.25, 0.3) is 23.0 Å². The lowest BCUT2D eigenvalue weighted by atomic mass is 9.98. The highest BCUT2D eigenvalue weighted by Gasteiger charge is 2.21. The highest BCUT2D eigenvalue weighted by molar-refractivity contribution is 6.30. The zero-order valence-corrected chi connectivity index (χ0v) is 21.5. The second-order valence-corrected chi connectivity index (χ2v) is 9.80. The summed E-state index contributed by atoms with van der Waals surface area (Å²) in [7, 11) is 0. The number of benzene rings is 2. The van der Waals surface area contributed by atoms with E-state index in [9.17, 15) is 9.59 Å². The molecule has 3 heterocycles. The summed E-state index contributed by atoms with van der Waals surface area (Å²) >= 11 is 6.20. The SMILES string of the molecule is C[C@H]1CCC[C@H](NC(=O)/C=C/c2cc(Cl)ccc2-n2cnnn2)c2ncc([nH]2)-c2ccccc2NC(=O)C1. The molecule has 0 saturated heterocycles. The van der Waals surface area contributed by atoms with Crippen LogP contribution in [0.1, 0.15) is 50.0 Å². The van der Waals surface area contributed by atoms with E-state index in [0.717, 1.165) is 29.8 Å². The number of hydrogen-bond acceptors (Lipinski definition) is 6. The minimum atomic E-state index is -0.331. The number of aromatic nitrogens is 6. The van der Waals surface area contributed by atoms with Gasteiger partial charge in [0.05, 0.1) is 29.3 Å². The summed E-state index contributed by atoms with van der Waals surface area (Å²) < 4.78 is 1.51. The maximum Gasteiger partial charge on any atom is 0.244 e. The van der Waals surface area contributed by atoms with Crippen molar-refractivity contribution in [3.63, 3.8) is 0 Å². The fourth-order valence-corrected chi connectivity index (χ4v) is 4.75. The van der Waals surface area contributed by atoms with Gasteiger partial charge in [-0.25, -0.2) is 4.98 Å². The molecule has 0 spiro atoms. The fraction of sp³-hybridized carbons (Fsp3) is 0.259. The summed E-state index contributed by atoms with van der Waals surface area (Å²) in [4.78, 5) is 33.6. The first-order chi connectivity index (χ1) is 18.5. The highest BCUT2D eigenvalue weighted by atomic mass is 35.5. The summed E-state index contributed by atoms with van der Waals surface area (Å²) in [6.07, 6.45) is 9.13. The molecule has 2 bridgehead atoms. The fourth-order valence-electron chi connectivity index (χ4n) is 4.57. The smallest absolute Gasteiger partial charge is 0.244 e. The number of anilines is 1. The number of nitrogens with one attached hydrogen (secondary N) is 3. The molecule has 2 amide bonds. The normalized spacial score (nSPS) is 18.1. The molecule has 11 heteroatoms. The largest absolute Gasteiger partial charge is 0.343 e. The summed E-state index contributed by atoms with van der Waals surface area (Å²) in [5.41, 5.74) is 3.72. The van der Waals surface area contributed by atoms with Crippen molar-refractivity contribution in [2.24, 2.45) is 5.92 Å². The number of carbonyl (C=O) groups excluding carboxylic acids is 2. The third kappa shape index (κ3) is 5.97. The van der Waals surface area contributed by atoms with Crippen molar-refractivity contribution in [2.45, 2.75) is 38.6 Å². The summed E-state index contributed by atoms with van der Waals surface area (Å²) in [5.74, 6) is 0.580. The maximum absolute atomic E-state index is 13.0. The number of aromatic amines is 1. The van der Waals surface area contributed by atoms with Gasteiger partial charge >= 0.3 is 0 Å². The lowest BCUT2D eigenvalue weighted by Gasteiger charge is -2.17. The number of nitrogens with zero attached hydrogens (tertiary/aromatic N) is 5. The van der Waals surface area contributed by atoms with Gasteiger partial charge in [-0.3, -0.25) is 9.59 Å². The van der Waals surface area contributed by atoms with E-state index in [2.05, 4.69) is 43.1 Å². The van der Waals surface area contributed by atoms with Crippen LogP contribution in [0.15, 0.2) is 61.1 Å². The van der Waals surface area contributed by atoms with Crippen molar-refractivity contribution < 1.29 is 9.59 Å². The Bertz CT molecular complexity index is 1460. The monoisotopic (exact) mass is 530 g/mol. The van der Waals surface area contributed by atoms with Crippen LogP contribution in [0.5, 0.6) is 0 Å². The van der Waals surface area contributed by atoms with Crippen LogP contribution < -0.4 is 10.6 Å². The molecule has 4 aromatic rings. The Morgan fingerprint density at radius 2 is 2.08 bits per heavy atom. The zero-order chi connectivity index (χ0) is 26.5. The topological polar surface area (TPSA) is 130 Å². The van der Waals surface area contributed by atoms with Gasteiger partial charge in [-0.05, 0) is 53.1 Å². The van der Waals surface area contributed by atoms with Gasteiger partial charge in [0.25, 0.3) is 0 Å². The number of carbonyl (C=O) groups is 2. The molecule has 0 radical (unpaired) electrons. The minimum absolute atomic E-state index is 0.0130. The first kappa shape index (κ1) is 25.3. The van der Waals surface area contributed by atoms with Crippen molar-refractivity contribution in [1.82, 2.24) is 35.5 Å². The Morgan fingerprint density at radius 1 is 1.21 bits per heavy atom. The Kier molecular flexibility index (Phi) is 7.60. The molecule has 2 aromatic heterocycles. The van der Waals surface area contributed by atoms with E-state index in [-0.39, 0.29) is 23.8 Å². The molecule has 38 heavy (non-hydrogen) atoms. The quantitative estimate of drug-likeness (QED) is 0.327. The van der Waals surface area contributed by atoms with Gasteiger partial charge in [-0.1, -0.05) is 49.6 Å². The molecule has 1 aliphatic rings. The van der Waals surface area contributed by atoms with Crippen molar-refractivity contribution in [3.05, 3.63) is 77.5 Å². The van der Waals surface area contributed by atoms with Gasteiger partial charge in [-0.15, -0.1) is 5.10 Å². The van der Waals surface area contributed by atoms with E-state index in [1.54, 1.807) is 30.5 Å². The molecule has 194 valence electrons. The molecule has 1 aliphatic heterocycles. The number of halogens is 1. The Morgan fingerprint density at radius 3 is 2.92 bits per heavy atom. The van der Waals surface area contributed by atoms with Gasteiger partial charge in [0.1, 0.15) is 12.2 Å². The highest BCUT2D eigenvalue weighted by Crippen LogP contribution is 2.30. The van der Waals surface area contributed by atoms with E-state index >= 15 is 0 Å². The molecule has 0 unspecified atom stereocenters. The van der Waals surface area contributed by atoms with Gasteiger partial charge in [0.15, 0.2) is 0 Å². The number of H-pyrrole nitrogens is 1. The number of rotatable bonds is 4. The second-order valence-electron chi connectivity index (χ2n) is 9.37. The lowest BCUT2D eigenvalue weighted by molar-refractivity contribution is -0.117. The Balaban J connectivity index is 1.39. The first-order valence-corrected chi connectivity index (χ1v) is 12.8. The van der Waals surface area contributed by atoms with Crippen LogP contribution in [0.3, 0.4) is 0 Å². The summed E-state index contributed by atoms with van der Waals surface area (Å²) in [5, 5.41) is 17.9. The van der Waals surface area contributed by atoms with Crippen LogP contribution >= 0.6 is 11.6 Å². The predicted molar refractivity (Wildman–Crippen MR) is 144 cm³/mol. The third-order valence-electron chi connectivity index (χ3n) is 6.46. The van der Waals surface area contributed by atoms with Crippen molar-refractivity contribution in [3.8, 4) is 16.9 Å². The number of hydrogen-bond donors (Lipinski definition) is 3. The van der Waals surface area contributed by atoms with Crippen molar-refractivity contribution in [2.75, 3.05) is 5.32 Å².